The number of halogens is 2. The average molecular weight is 393 g/mol. The molecule has 1 fully saturated rings. The molecule has 0 spiro atoms. The van der Waals surface area contributed by atoms with Crippen molar-refractivity contribution in [3.8, 4) is 5.75 Å². The molecule has 2 aromatic carbocycles. The Morgan fingerprint density at radius 1 is 1.19 bits per heavy atom. The number of carbonyl (C=O) groups is 1. The van der Waals surface area contributed by atoms with Crippen LogP contribution < -0.4 is 15.2 Å². The van der Waals surface area contributed by atoms with Crippen molar-refractivity contribution >= 4 is 40.9 Å². The third-order valence-corrected chi connectivity index (χ3v) is 4.71. The predicted octanol–water partition coefficient (Wildman–Crippen LogP) is 3.43. The molecule has 0 unspecified atom stereocenters. The van der Waals surface area contributed by atoms with Crippen LogP contribution in [0.3, 0.4) is 0 Å². The molecule has 26 heavy (non-hydrogen) atoms. The Balaban J connectivity index is 0.00000196. The number of hydrogen-bond donors (Lipinski definition) is 1. The molecule has 2 aliphatic rings. The third-order valence-electron chi connectivity index (χ3n) is 4.27. The molecule has 1 amide bonds. The summed E-state index contributed by atoms with van der Waals surface area (Å²) >= 11 is 12.1. The van der Waals surface area contributed by atoms with Crippen LogP contribution in [0.25, 0.3) is 6.08 Å². The first kappa shape index (κ1) is 18.7. The number of anilines is 1. The maximum absolute atomic E-state index is 12.7. The number of benzene rings is 2. The first-order chi connectivity index (χ1) is 12.0. The van der Waals surface area contributed by atoms with Gasteiger partial charge in [0.15, 0.2) is 0 Å². The average Bonchev–Trinajstić information content (AvgIpc) is 3.08. The van der Waals surface area contributed by atoms with Gasteiger partial charge in [0.05, 0.1) is 5.69 Å². The Kier molecular flexibility index (Phi) is 5.25. The lowest BCUT2D eigenvalue weighted by Crippen LogP contribution is -2.34. The molecule has 2 aromatic rings. The molecule has 2 aliphatic heterocycles. The van der Waals surface area contributed by atoms with Crippen molar-refractivity contribution < 1.29 is 15.0 Å². The van der Waals surface area contributed by atoms with Gasteiger partial charge in [-0.15, -0.1) is 0 Å². The van der Waals surface area contributed by atoms with Gasteiger partial charge in [0.1, 0.15) is 11.9 Å². The smallest absolute Gasteiger partial charge is 0.269 e. The zero-order valence-electron chi connectivity index (χ0n) is 14.1. The first-order valence-corrected chi connectivity index (χ1v) is 8.79. The van der Waals surface area contributed by atoms with Crippen LogP contribution in [-0.4, -0.2) is 24.0 Å². The van der Waals surface area contributed by atoms with E-state index in [9.17, 15) is 4.79 Å². The van der Waals surface area contributed by atoms with Crippen LogP contribution in [0.15, 0.2) is 42.0 Å². The minimum Gasteiger partial charge on any atom is -0.490 e. The number of nitrogens with one attached hydrogen (secondary N) is 1. The topological polar surface area (TPSA) is 73.1 Å². The van der Waals surface area contributed by atoms with E-state index in [1.54, 1.807) is 18.2 Å². The summed E-state index contributed by atoms with van der Waals surface area (Å²) < 4.78 is 5.72. The monoisotopic (exact) mass is 392 g/mol. The zero-order valence-corrected chi connectivity index (χ0v) is 15.6. The van der Waals surface area contributed by atoms with Gasteiger partial charge in [0.2, 0.25) is 0 Å². The second-order valence-corrected chi connectivity index (χ2v) is 7.15. The molecule has 0 aliphatic carbocycles. The third kappa shape index (κ3) is 3.57. The van der Waals surface area contributed by atoms with Crippen molar-refractivity contribution in [1.82, 2.24) is 5.43 Å². The highest BCUT2D eigenvalue weighted by Crippen LogP contribution is 2.31. The minimum atomic E-state index is -0.108. The van der Waals surface area contributed by atoms with Gasteiger partial charge in [-0.05, 0) is 54.5 Å². The van der Waals surface area contributed by atoms with Crippen LogP contribution in [0, 0.1) is 0 Å². The Labute approximate surface area is 161 Å². The van der Waals surface area contributed by atoms with Gasteiger partial charge in [0.25, 0.3) is 5.91 Å². The van der Waals surface area contributed by atoms with E-state index in [2.05, 4.69) is 18.4 Å². The number of rotatable bonds is 2. The summed E-state index contributed by atoms with van der Waals surface area (Å²) in [7, 11) is 0. The zero-order chi connectivity index (χ0) is 17.6. The lowest BCUT2D eigenvalue weighted by atomic mass is 10.0. The van der Waals surface area contributed by atoms with Gasteiger partial charge in [-0.2, -0.15) is 0 Å². The van der Waals surface area contributed by atoms with Crippen molar-refractivity contribution in [2.45, 2.75) is 19.4 Å². The molecule has 3 N–H and O–H groups in total. The molecule has 0 bridgehead atoms. The van der Waals surface area contributed by atoms with Crippen molar-refractivity contribution in [3.63, 3.8) is 0 Å². The summed E-state index contributed by atoms with van der Waals surface area (Å²) in [5.74, 6) is 0.823. The van der Waals surface area contributed by atoms with E-state index >= 15 is 0 Å². The second-order valence-electron chi connectivity index (χ2n) is 6.27. The van der Waals surface area contributed by atoms with Gasteiger partial charge in [-0.1, -0.05) is 29.3 Å². The maximum Gasteiger partial charge on any atom is 0.269 e. The van der Waals surface area contributed by atoms with Crippen molar-refractivity contribution in [1.29, 1.82) is 0 Å². The first-order valence-electron chi connectivity index (χ1n) is 8.04. The summed E-state index contributed by atoms with van der Waals surface area (Å²) in [6, 6.07) is 11.1. The Bertz CT molecular complexity index is 878. The molecule has 2 heterocycles. The fourth-order valence-electron chi connectivity index (χ4n) is 3.18. The summed E-state index contributed by atoms with van der Waals surface area (Å²) in [5.41, 5.74) is 6.56. The Morgan fingerprint density at radius 2 is 1.92 bits per heavy atom. The maximum atomic E-state index is 12.7. The quantitative estimate of drug-likeness (QED) is 0.795. The van der Waals surface area contributed by atoms with Gasteiger partial charge < -0.3 is 10.2 Å². The van der Waals surface area contributed by atoms with Crippen molar-refractivity contribution in [2.24, 2.45) is 0 Å². The van der Waals surface area contributed by atoms with E-state index in [-0.39, 0.29) is 17.5 Å². The molecule has 0 saturated carbocycles. The van der Waals surface area contributed by atoms with Crippen molar-refractivity contribution in [3.05, 3.63) is 63.1 Å². The molecule has 0 aromatic heterocycles. The lowest BCUT2D eigenvalue weighted by molar-refractivity contribution is -0.114. The minimum absolute atomic E-state index is 0. The lowest BCUT2D eigenvalue weighted by Gasteiger charge is -2.15. The number of ether oxygens (including phenoxy) is 1. The van der Waals surface area contributed by atoms with Crippen LogP contribution in [-0.2, 0) is 11.2 Å². The molecular weight excluding hydrogens is 375 g/mol. The number of nitrogens with zero attached hydrogens (tertiary/aromatic N) is 1. The second kappa shape index (κ2) is 7.29. The fraction of sp³-hybridized carbons (Fsp3) is 0.211. The van der Waals surface area contributed by atoms with Crippen LogP contribution in [0.2, 0.25) is 10.0 Å². The normalized spacial score (nSPS) is 20.1. The van der Waals surface area contributed by atoms with E-state index in [0.717, 1.165) is 17.7 Å². The van der Waals surface area contributed by atoms with E-state index in [4.69, 9.17) is 27.9 Å². The fourth-order valence-corrected chi connectivity index (χ4v) is 3.69. The van der Waals surface area contributed by atoms with Gasteiger partial charge in [-0.3, -0.25) is 4.79 Å². The largest absolute Gasteiger partial charge is 0.490 e. The molecule has 7 heteroatoms. The van der Waals surface area contributed by atoms with Crippen LogP contribution in [0.1, 0.15) is 18.1 Å². The van der Waals surface area contributed by atoms with Crippen LogP contribution >= 0.6 is 23.2 Å². The standard InChI is InChI=1S/C19H16Cl2N2O2.H2O/c1-11-4-13-5-12(2-3-18(13)25-11)6-14-10-22-23(19(14)24)17-8-15(20)7-16(21)9-17;/h2-3,5-9,11,22H,4,10H2,1H3;1H2/b14-6+;/t11-;/m0./s1. The van der Waals surface area contributed by atoms with Gasteiger partial charge >= 0.3 is 0 Å². The molecule has 4 rings (SSSR count). The summed E-state index contributed by atoms with van der Waals surface area (Å²) in [6.45, 7) is 2.50. The highest BCUT2D eigenvalue weighted by Gasteiger charge is 2.27. The SMILES string of the molecule is C[C@H]1Cc2cc(/C=C3\CNN(c4cc(Cl)cc(Cl)c4)C3=O)ccc2O1.O. The van der Waals surface area contributed by atoms with Gasteiger partial charge in [-0.25, -0.2) is 10.4 Å². The summed E-state index contributed by atoms with van der Waals surface area (Å²) in [6.07, 6.45) is 3.01. The number of hydrazine groups is 1. The van der Waals surface area contributed by atoms with Crippen LogP contribution in [0.4, 0.5) is 5.69 Å². The highest BCUT2D eigenvalue weighted by molar-refractivity contribution is 6.35. The molecule has 1 saturated heterocycles. The van der Waals surface area contributed by atoms with E-state index < -0.39 is 0 Å². The summed E-state index contributed by atoms with van der Waals surface area (Å²) in [5, 5.41) is 2.45. The number of hydrogen-bond acceptors (Lipinski definition) is 3. The van der Waals surface area contributed by atoms with E-state index in [1.165, 1.54) is 10.6 Å². The van der Waals surface area contributed by atoms with E-state index in [1.807, 2.05) is 18.2 Å². The van der Waals surface area contributed by atoms with Crippen molar-refractivity contribution in [2.75, 3.05) is 11.6 Å². The molecule has 136 valence electrons. The highest BCUT2D eigenvalue weighted by atomic mass is 35.5. The molecular formula is C19H18Cl2N2O3. The number of fused-ring (bicyclic) bond motifs is 1. The summed E-state index contributed by atoms with van der Waals surface area (Å²) in [4.78, 5) is 12.7. The number of amides is 1. The Morgan fingerprint density at radius 3 is 2.65 bits per heavy atom. The predicted molar refractivity (Wildman–Crippen MR) is 104 cm³/mol. The molecule has 0 radical (unpaired) electrons. The molecule has 5 nitrogen and oxygen atoms in total. The van der Waals surface area contributed by atoms with Gasteiger partial charge in [0, 0.05) is 28.6 Å². The van der Waals surface area contributed by atoms with Crippen LogP contribution in [0.5, 0.6) is 5.75 Å². The Hall–Kier alpha value is -2.05. The van der Waals surface area contributed by atoms with E-state index in [0.29, 0.717) is 27.9 Å². The molecule has 1 atom stereocenters. The number of carbonyl (C=O) groups excluding carboxylic acids is 1.